The van der Waals surface area contributed by atoms with Gasteiger partial charge in [0.25, 0.3) is 0 Å². The average Bonchev–Trinajstić information content (AvgIpc) is 3.22. The van der Waals surface area contributed by atoms with Gasteiger partial charge in [0, 0.05) is 12.6 Å². The van der Waals surface area contributed by atoms with Gasteiger partial charge in [-0.05, 0) is 29.5 Å². The van der Waals surface area contributed by atoms with Crippen molar-refractivity contribution in [2.24, 2.45) is 0 Å². The predicted octanol–water partition coefficient (Wildman–Crippen LogP) is 10.7. The zero-order valence-electron chi connectivity index (χ0n) is 33.1. The number of nitrogens with zero attached hydrogens (tertiary/aromatic N) is 2. The van der Waals surface area contributed by atoms with Crippen molar-refractivity contribution < 1.29 is 45.7 Å². The third-order valence-corrected chi connectivity index (χ3v) is 8.50. The molecule has 0 amide bonds. The Bertz CT molecular complexity index is 1870. The van der Waals surface area contributed by atoms with Gasteiger partial charge in [-0.25, -0.2) is 0 Å². The van der Waals surface area contributed by atoms with E-state index in [4.69, 9.17) is 15.4 Å². The van der Waals surface area contributed by atoms with Crippen molar-refractivity contribution in [1.82, 2.24) is 4.98 Å². The summed E-state index contributed by atoms with van der Waals surface area (Å²) in [6, 6.07) is 49.4. The zero-order valence-corrected chi connectivity index (χ0v) is 35.5. The zero-order chi connectivity index (χ0) is 40.1. The van der Waals surface area contributed by atoms with E-state index in [0.29, 0.717) is 34.9 Å². The molecule has 2 unspecified atom stereocenters. The molecule has 2 atom stereocenters. The predicted molar refractivity (Wildman–Crippen MR) is 225 cm³/mol. The minimum atomic E-state index is -0.796. The fraction of sp³-hybridized carbons (Fsp3) is 0.224. The molecule has 0 aliphatic carbocycles. The SMILES string of the molecule is CC(C)c1cccc(C(C)C)c1[N-]C(C)c1cccc(C(C)([OH2+])Cc2ccccc2)n1.O=[C-]c1ccccc1.O=[C-]c1ccccc1.O=[C-]c1ccccc1.[Zr+2]. The van der Waals surface area contributed by atoms with Crippen LogP contribution in [0, 0.1) is 0 Å². The first-order valence-corrected chi connectivity index (χ1v) is 18.4. The van der Waals surface area contributed by atoms with Gasteiger partial charge in [0.15, 0.2) is 0 Å². The summed E-state index contributed by atoms with van der Waals surface area (Å²) in [4.78, 5) is 34.5. The number of aromatic nitrogens is 1. The molecule has 286 valence electrons. The Morgan fingerprint density at radius 2 is 0.929 bits per heavy atom. The molecule has 0 saturated heterocycles. The van der Waals surface area contributed by atoms with Crippen molar-refractivity contribution in [3.8, 4) is 0 Å². The summed E-state index contributed by atoms with van der Waals surface area (Å²) >= 11 is 0. The minimum Gasteiger partial charge on any atom is -0.677 e. The first-order valence-electron chi connectivity index (χ1n) is 18.4. The van der Waals surface area contributed by atoms with Crippen LogP contribution in [-0.2, 0) is 52.6 Å². The topological polar surface area (TPSA) is 101 Å². The average molecular weight is 823 g/mol. The van der Waals surface area contributed by atoms with Gasteiger partial charge in [0.2, 0.25) is 5.60 Å². The Balaban J connectivity index is 0.000000346. The Hall–Kier alpha value is -5.10. The molecule has 0 fully saturated rings. The summed E-state index contributed by atoms with van der Waals surface area (Å²) in [5.41, 5.74) is 7.53. The second kappa shape index (κ2) is 25.1. The summed E-state index contributed by atoms with van der Waals surface area (Å²) < 4.78 is 0. The third-order valence-electron chi connectivity index (χ3n) is 8.50. The molecular formula is C49H51N2O4Zr-. The van der Waals surface area contributed by atoms with Crippen LogP contribution in [0.15, 0.2) is 158 Å². The number of hydrogen-bond acceptors (Lipinski definition) is 4. The van der Waals surface area contributed by atoms with E-state index < -0.39 is 5.60 Å². The first kappa shape index (κ1) is 47.1. The molecular weight excluding hydrogens is 772 g/mol. The van der Waals surface area contributed by atoms with Crippen molar-refractivity contribution in [3.05, 3.63) is 208 Å². The number of carbonyl (C=O) groups excluding carboxylic acids is 3. The maximum atomic E-state index is 9.88. The van der Waals surface area contributed by atoms with Gasteiger partial charge in [-0.2, -0.15) is 53.1 Å². The van der Waals surface area contributed by atoms with Crippen LogP contribution in [0.5, 0.6) is 0 Å². The van der Waals surface area contributed by atoms with Crippen LogP contribution in [0.4, 0.5) is 5.69 Å². The summed E-state index contributed by atoms with van der Waals surface area (Å²) in [5.74, 6) is 0.817. The van der Waals surface area contributed by atoms with E-state index in [0.717, 1.165) is 22.6 Å². The minimum absolute atomic E-state index is 0. The normalized spacial score (nSPS) is 11.7. The van der Waals surface area contributed by atoms with E-state index in [1.165, 1.54) is 11.1 Å². The van der Waals surface area contributed by atoms with Gasteiger partial charge >= 0.3 is 26.2 Å². The third kappa shape index (κ3) is 15.9. The molecule has 0 aliphatic heterocycles. The van der Waals surface area contributed by atoms with Crippen molar-refractivity contribution in [2.75, 3.05) is 0 Å². The smallest absolute Gasteiger partial charge is 0.677 e. The number of rotatable bonds is 11. The van der Waals surface area contributed by atoms with Crippen molar-refractivity contribution in [1.29, 1.82) is 0 Å². The molecule has 5 aromatic carbocycles. The summed E-state index contributed by atoms with van der Waals surface area (Å²) in [6.45, 7) is 12.9. The maximum absolute atomic E-state index is 9.88. The van der Waals surface area contributed by atoms with Crippen LogP contribution < -0.4 is 0 Å². The van der Waals surface area contributed by atoms with Crippen molar-refractivity contribution >= 4 is 24.5 Å². The second-order valence-corrected chi connectivity index (χ2v) is 13.7. The fourth-order valence-electron chi connectivity index (χ4n) is 5.53. The van der Waals surface area contributed by atoms with Gasteiger partial charge in [-0.15, -0.1) is 42.1 Å². The molecule has 0 radical (unpaired) electrons. The van der Waals surface area contributed by atoms with Gasteiger partial charge in [-0.1, -0.05) is 125 Å². The van der Waals surface area contributed by atoms with Crippen LogP contribution in [0.3, 0.4) is 0 Å². The van der Waals surface area contributed by atoms with Crippen LogP contribution in [-0.4, -0.2) is 28.9 Å². The molecule has 0 spiro atoms. The van der Waals surface area contributed by atoms with E-state index in [-0.39, 0.29) is 32.2 Å². The molecule has 6 aromatic rings. The number of hydrogen-bond donors (Lipinski definition) is 0. The second-order valence-electron chi connectivity index (χ2n) is 13.7. The number of para-hydroxylation sites is 1. The van der Waals surface area contributed by atoms with Crippen LogP contribution in [0.1, 0.15) is 104 Å². The standard InChI is InChI=1S/C28H35N2O.3C7H5O.Zr/c1-19(2)23-14-10-15-24(20(3)4)27(23)29-21(5)25-16-11-17-26(30-25)28(6,31)18-22-12-8-7-9-13-22;3*8-6-7-4-2-1-3-5-7;/h7-17,19-21,31H,18H2,1-6H3;3*1-5H;/q4*-1;+2/p+1. The summed E-state index contributed by atoms with van der Waals surface area (Å²) in [5, 5.41) is 14.1. The van der Waals surface area contributed by atoms with E-state index in [1.54, 1.807) is 91.7 Å². The Kier molecular flexibility index (Phi) is 21.1. The maximum Gasteiger partial charge on any atom is 2.00 e. The quantitative estimate of drug-likeness (QED) is 0.0959. The molecule has 2 N–H and O–H groups in total. The van der Waals surface area contributed by atoms with Gasteiger partial charge < -0.3 is 24.8 Å². The van der Waals surface area contributed by atoms with Crippen LogP contribution in [0.25, 0.3) is 5.32 Å². The fourth-order valence-corrected chi connectivity index (χ4v) is 5.53. The molecule has 0 aliphatic rings. The Labute approximate surface area is 352 Å². The first-order chi connectivity index (χ1) is 26.5. The largest absolute Gasteiger partial charge is 2.00 e. The molecule has 7 heteroatoms. The van der Waals surface area contributed by atoms with E-state index in [2.05, 4.69) is 65.0 Å². The molecule has 0 bridgehead atoms. The molecule has 0 saturated carbocycles. The van der Waals surface area contributed by atoms with E-state index >= 15 is 0 Å². The van der Waals surface area contributed by atoms with E-state index in [1.807, 2.05) is 61.5 Å². The number of pyridine rings is 1. The summed E-state index contributed by atoms with van der Waals surface area (Å²) in [6.07, 6.45) is 5.96. The molecule has 56 heavy (non-hydrogen) atoms. The van der Waals surface area contributed by atoms with Gasteiger partial charge in [0.05, 0.1) is 25.3 Å². The monoisotopic (exact) mass is 821 g/mol. The molecule has 1 heterocycles. The van der Waals surface area contributed by atoms with Crippen molar-refractivity contribution in [2.45, 2.75) is 71.4 Å². The van der Waals surface area contributed by atoms with Crippen LogP contribution in [0.2, 0.25) is 0 Å². The Morgan fingerprint density at radius 1 is 0.554 bits per heavy atom. The molecule has 6 rings (SSSR count). The van der Waals surface area contributed by atoms with Gasteiger partial charge in [0.1, 0.15) is 5.69 Å². The Morgan fingerprint density at radius 3 is 1.29 bits per heavy atom. The summed E-state index contributed by atoms with van der Waals surface area (Å²) in [7, 11) is 0. The van der Waals surface area contributed by atoms with Crippen molar-refractivity contribution in [3.63, 3.8) is 0 Å². The van der Waals surface area contributed by atoms with Gasteiger partial charge in [-0.3, -0.25) is 4.98 Å². The van der Waals surface area contributed by atoms with Crippen LogP contribution >= 0.6 is 0 Å². The molecule has 6 nitrogen and oxygen atoms in total. The molecule has 1 aromatic heterocycles. The van der Waals surface area contributed by atoms with E-state index in [9.17, 15) is 14.4 Å². The number of benzene rings is 5.